The first-order valence-electron chi connectivity index (χ1n) is 2.96. The van der Waals surface area contributed by atoms with Crippen molar-refractivity contribution in [2.75, 3.05) is 0 Å². The van der Waals surface area contributed by atoms with E-state index in [0.717, 1.165) is 10.1 Å². The molecule has 0 spiro atoms. The van der Waals surface area contributed by atoms with Crippen LogP contribution < -0.4 is 4.74 Å². The molecule has 0 amide bonds. The van der Waals surface area contributed by atoms with Gasteiger partial charge < -0.3 is 0 Å². The van der Waals surface area contributed by atoms with Gasteiger partial charge in [0.1, 0.15) is 0 Å². The van der Waals surface area contributed by atoms with E-state index >= 15 is 0 Å². The molecule has 1 aromatic carbocycles. The predicted octanol–water partition coefficient (Wildman–Crippen LogP) is 2.98. The number of hydrogen-bond donors (Lipinski definition) is 0. The molecule has 0 aliphatic heterocycles. The highest BCUT2D eigenvalue weighted by Crippen LogP contribution is 2.27. The summed E-state index contributed by atoms with van der Waals surface area (Å²) >= 11 is 5.85. The van der Waals surface area contributed by atoms with Crippen molar-refractivity contribution in [3.8, 4) is 0 Å². The van der Waals surface area contributed by atoms with Gasteiger partial charge in [0.05, 0.1) is 15.1 Å². The molecule has 0 aliphatic rings. The fourth-order valence-electron chi connectivity index (χ4n) is 0.879. The van der Waals surface area contributed by atoms with E-state index in [1.165, 1.54) is 20.7 Å². The minimum Gasteiger partial charge on any atom is -0.276 e. The monoisotopic (exact) mass is 202 g/mol. The average molecular weight is 203 g/mol. The van der Waals surface area contributed by atoms with Crippen molar-refractivity contribution in [2.45, 2.75) is 0 Å². The van der Waals surface area contributed by atoms with Crippen molar-refractivity contribution in [3.63, 3.8) is 0 Å². The van der Waals surface area contributed by atoms with Crippen LogP contribution in [-0.4, -0.2) is 0 Å². The second-order valence-electron chi connectivity index (χ2n) is 2.07. The van der Waals surface area contributed by atoms with Crippen LogP contribution in [-0.2, 0) is 0 Å². The SMILES string of the molecule is O=c1ssc2c(Cl)cccc12. The lowest BCUT2D eigenvalue weighted by Crippen LogP contribution is -1.86. The molecule has 2 aromatic rings. The highest BCUT2D eigenvalue weighted by Gasteiger charge is 2.03. The second-order valence-corrected chi connectivity index (χ2v) is 4.59. The Bertz CT molecular complexity index is 443. The van der Waals surface area contributed by atoms with Gasteiger partial charge in [-0.15, -0.1) is 0 Å². The van der Waals surface area contributed by atoms with Crippen molar-refractivity contribution in [1.82, 2.24) is 0 Å². The van der Waals surface area contributed by atoms with E-state index in [9.17, 15) is 4.79 Å². The van der Waals surface area contributed by atoms with Gasteiger partial charge >= 0.3 is 0 Å². The van der Waals surface area contributed by atoms with Crippen molar-refractivity contribution in [1.29, 1.82) is 0 Å². The number of halogens is 1. The molecule has 2 rings (SSSR count). The van der Waals surface area contributed by atoms with Gasteiger partial charge in [-0.25, -0.2) is 0 Å². The average Bonchev–Trinajstić information content (AvgIpc) is 2.35. The van der Waals surface area contributed by atoms with E-state index in [-0.39, 0.29) is 4.74 Å². The molecule has 0 atom stereocenters. The van der Waals surface area contributed by atoms with Crippen LogP contribution in [0.2, 0.25) is 5.02 Å². The van der Waals surface area contributed by atoms with Gasteiger partial charge in [-0.3, -0.25) is 4.79 Å². The fourth-order valence-corrected chi connectivity index (χ4v) is 3.47. The van der Waals surface area contributed by atoms with Crippen molar-refractivity contribution < 1.29 is 0 Å². The molecule has 1 heterocycles. The molecule has 0 unspecified atom stereocenters. The topological polar surface area (TPSA) is 17.1 Å². The minimum atomic E-state index is 0.104. The maximum atomic E-state index is 11.1. The standard InChI is InChI=1S/C7H3ClOS2/c8-5-3-1-2-4-6(5)10-11-7(4)9/h1-3H. The molecule has 0 bridgehead atoms. The molecule has 0 saturated heterocycles. The van der Waals surface area contributed by atoms with Gasteiger partial charge in [0.2, 0.25) is 0 Å². The zero-order chi connectivity index (χ0) is 7.84. The largest absolute Gasteiger partial charge is 0.276 e. The quantitative estimate of drug-likeness (QED) is 0.601. The predicted molar refractivity (Wildman–Crippen MR) is 51.0 cm³/mol. The Morgan fingerprint density at radius 2 is 2.09 bits per heavy atom. The van der Waals surface area contributed by atoms with E-state index in [1.807, 2.05) is 0 Å². The summed E-state index contributed by atoms with van der Waals surface area (Å²) in [4.78, 5) is 11.1. The third kappa shape index (κ3) is 1.09. The molecule has 1 nitrogen and oxygen atoms in total. The summed E-state index contributed by atoms with van der Waals surface area (Å²) in [7, 11) is 2.67. The number of benzene rings is 1. The molecule has 11 heavy (non-hydrogen) atoms. The third-order valence-electron chi connectivity index (χ3n) is 1.39. The Morgan fingerprint density at radius 3 is 2.82 bits per heavy atom. The van der Waals surface area contributed by atoms with Gasteiger partial charge in [-0.1, -0.05) is 28.0 Å². The maximum Gasteiger partial charge on any atom is 0.250 e. The Kier molecular flexibility index (Phi) is 1.71. The first-order chi connectivity index (χ1) is 5.29. The summed E-state index contributed by atoms with van der Waals surface area (Å²) in [6, 6.07) is 5.40. The minimum absolute atomic E-state index is 0.104. The Labute approximate surface area is 75.2 Å². The summed E-state index contributed by atoms with van der Waals surface area (Å²) in [6.07, 6.45) is 0. The maximum absolute atomic E-state index is 11.1. The van der Waals surface area contributed by atoms with Crippen molar-refractivity contribution >= 4 is 42.4 Å². The molecule has 0 radical (unpaired) electrons. The molecule has 0 saturated carbocycles. The smallest absolute Gasteiger partial charge is 0.250 e. The van der Waals surface area contributed by atoms with E-state index in [4.69, 9.17) is 11.6 Å². The van der Waals surface area contributed by atoms with Gasteiger partial charge in [-0.05, 0) is 22.5 Å². The first-order valence-corrected chi connectivity index (χ1v) is 5.49. The van der Waals surface area contributed by atoms with Gasteiger partial charge in [0.25, 0.3) is 4.74 Å². The Balaban J connectivity index is 3.06. The van der Waals surface area contributed by atoms with Gasteiger partial charge in [0, 0.05) is 0 Å². The normalized spacial score (nSPS) is 10.6. The summed E-state index contributed by atoms with van der Waals surface area (Å²) in [5.41, 5.74) is 0. The zero-order valence-electron chi connectivity index (χ0n) is 5.33. The molecule has 0 N–H and O–H groups in total. The van der Waals surface area contributed by atoms with Crippen LogP contribution in [0, 0.1) is 0 Å². The van der Waals surface area contributed by atoms with E-state index < -0.39 is 0 Å². The van der Waals surface area contributed by atoms with E-state index in [2.05, 4.69) is 0 Å². The Morgan fingerprint density at radius 1 is 1.27 bits per heavy atom. The Hall–Kier alpha value is -0.380. The summed E-state index contributed by atoms with van der Waals surface area (Å²) in [5.74, 6) is 0. The first kappa shape index (κ1) is 7.28. The number of fused-ring (bicyclic) bond motifs is 1. The van der Waals surface area contributed by atoms with Crippen LogP contribution in [0.4, 0.5) is 0 Å². The summed E-state index contributed by atoms with van der Waals surface area (Å²) < 4.78 is 1.01. The van der Waals surface area contributed by atoms with E-state index in [1.54, 1.807) is 18.2 Å². The van der Waals surface area contributed by atoms with Crippen LogP contribution in [0.5, 0.6) is 0 Å². The van der Waals surface area contributed by atoms with Gasteiger partial charge in [-0.2, -0.15) is 0 Å². The third-order valence-corrected chi connectivity index (χ3v) is 4.08. The second kappa shape index (κ2) is 2.59. The fraction of sp³-hybridized carbons (Fsp3) is 0. The van der Waals surface area contributed by atoms with Crippen LogP contribution >= 0.6 is 32.3 Å². The van der Waals surface area contributed by atoms with Crippen molar-refractivity contribution in [2.24, 2.45) is 0 Å². The van der Waals surface area contributed by atoms with Gasteiger partial charge in [0.15, 0.2) is 0 Å². The number of rotatable bonds is 0. The highest BCUT2D eigenvalue weighted by molar-refractivity contribution is 7.71. The lowest BCUT2D eigenvalue weighted by atomic mass is 10.3. The van der Waals surface area contributed by atoms with E-state index in [0.29, 0.717) is 5.02 Å². The van der Waals surface area contributed by atoms with Crippen molar-refractivity contribution in [3.05, 3.63) is 32.8 Å². The van der Waals surface area contributed by atoms with Crippen LogP contribution in [0.15, 0.2) is 23.0 Å². The molecule has 56 valence electrons. The molecule has 0 fully saturated rings. The molecule has 1 aromatic heterocycles. The zero-order valence-corrected chi connectivity index (χ0v) is 7.72. The summed E-state index contributed by atoms with van der Waals surface area (Å²) in [6.45, 7) is 0. The molecular formula is C7H3ClOS2. The number of hydrogen-bond acceptors (Lipinski definition) is 3. The van der Waals surface area contributed by atoms with Crippen LogP contribution in [0.1, 0.15) is 0 Å². The van der Waals surface area contributed by atoms with Crippen LogP contribution in [0.25, 0.3) is 10.1 Å². The molecule has 4 heteroatoms. The highest BCUT2D eigenvalue weighted by atomic mass is 35.5. The lowest BCUT2D eigenvalue weighted by Gasteiger charge is -1.87. The lowest BCUT2D eigenvalue weighted by molar-refractivity contribution is 1.83. The van der Waals surface area contributed by atoms with Crippen LogP contribution in [0.3, 0.4) is 0 Å². The summed E-state index contributed by atoms with van der Waals surface area (Å²) in [5, 5.41) is 1.42. The molecule has 0 aliphatic carbocycles. The molecular weight excluding hydrogens is 200 g/mol.